The molecular weight excluding hydrogens is 372 g/mol. The molecule has 7 heteroatoms. The number of pyridine rings is 1. The normalized spacial score (nSPS) is 15.3. The molecule has 0 amide bonds. The summed E-state index contributed by atoms with van der Waals surface area (Å²) in [5.74, 6) is -0.270. The van der Waals surface area contributed by atoms with Gasteiger partial charge in [0.2, 0.25) is 0 Å². The highest BCUT2D eigenvalue weighted by Crippen LogP contribution is 2.20. The molecule has 0 radical (unpaired) electrons. The fraction of sp³-hybridized carbons (Fsp3) is 0.273. The van der Waals surface area contributed by atoms with Crippen molar-refractivity contribution in [1.29, 1.82) is 0 Å². The molecular formula is C22H23F2N5. The molecule has 1 aliphatic heterocycles. The van der Waals surface area contributed by atoms with E-state index in [0.717, 1.165) is 55.9 Å². The lowest BCUT2D eigenvalue weighted by Gasteiger charge is -2.35. The Kier molecular flexibility index (Phi) is 5.67. The minimum absolute atomic E-state index is 0.535. The first-order valence-electron chi connectivity index (χ1n) is 9.66. The van der Waals surface area contributed by atoms with Gasteiger partial charge in [-0.05, 0) is 31.2 Å². The van der Waals surface area contributed by atoms with Crippen molar-refractivity contribution in [3.8, 4) is 5.82 Å². The molecule has 3 aromatic rings. The molecule has 29 heavy (non-hydrogen) atoms. The Labute approximate surface area is 168 Å². The lowest BCUT2D eigenvalue weighted by atomic mass is 10.2. The number of hydrogen-bond donors (Lipinski definition) is 0. The lowest BCUT2D eigenvalue weighted by molar-refractivity contribution is 0.284. The van der Waals surface area contributed by atoms with Gasteiger partial charge in [0, 0.05) is 56.2 Å². The zero-order valence-electron chi connectivity index (χ0n) is 16.3. The van der Waals surface area contributed by atoms with E-state index < -0.39 is 11.6 Å². The Bertz CT molecular complexity index is 971. The Morgan fingerprint density at radius 1 is 1.03 bits per heavy atom. The van der Waals surface area contributed by atoms with E-state index >= 15 is 0 Å². The third kappa shape index (κ3) is 4.51. The molecule has 0 spiro atoms. The summed E-state index contributed by atoms with van der Waals surface area (Å²) in [6.07, 6.45) is 7.81. The van der Waals surface area contributed by atoms with E-state index in [-0.39, 0.29) is 0 Å². The summed E-state index contributed by atoms with van der Waals surface area (Å²) in [6.45, 7) is 6.02. The van der Waals surface area contributed by atoms with Gasteiger partial charge in [0.1, 0.15) is 11.6 Å². The van der Waals surface area contributed by atoms with E-state index in [1.165, 1.54) is 12.1 Å². The minimum Gasteiger partial charge on any atom is -0.369 e. The summed E-state index contributed by atoms with van der Waals surface area (Å²) < 4.78 is 28.7. The number of benzene rings is 1. The summed E-state index contributed by atoms with van der Waals surface area (Å²) in [4.78, 5) is 8.68. The Morgan fingerprint density at radius 2 is 1.79 bits per heavy atom. The van der Waals surface area contributed by atoms with Crippen LogP contribution in [0.25, 0.3) is 11.9 Å². The van der Waals surface area contributed by atoms with Gasteiger partial charge in [-0.15, -0.1) is 0 Å². The molecule has 0 atom stereocenters. The molecule has 150 valence electrons. The summed E-state index contributed by atoms with van der Waals surface area (Å²) >= 11 is 0. The van der Waals surface area contributed by atoms with Gasteiger partial charge in [0.25, 0.3) is 0 Å². The van der Waals surface area contributed by atoms with Crippen LogP contribution in [-0.4, -0.2) is 52.4 Å². The Balaban J connectivity index is 1.33. The van der Waals surface area contributed by atoms with Crippen LogP contribution in [0.15, 0.2) is 54.9 Å². The number of hydrogen-bond acceptors (Lipinski definition) is 4. The summed E-state index contributed by atoms with van der Waals surface area (Å²) in [6, 6.07) is 9.44. The second-order valence-corrected chi connectivity index (χ2v) is 7.10. The minimum atomic E-state index is -0.535. The van der Waals surface area contributed by atoms with Crippen molar-refractivity contribution in [3.63, 3.8) is 0 Å². The van der Waals surface area contributed by atoms with E-state index in [9.17, 15) is 8.78 Å². The Morgan fingerprint density at radius 3 is 2.48 bits per heavy atom. The van der Waals surface area contributed by atoms with Crippen molar-refractivity contribution in [2.75, 3.05) is 37.6 Å². The van der Waals surface area contributed by atoms with Gasteiger partial charge in [-0.3, -0.25) is 4.90 Å². The molecule has 0 N–H and O–H groups in total. The predicted octanol–water partition coefficient (Wildman–Crippen LogP) is 3.69. The molecule has 0 saturated carbocycles. The van der Waals surface area contributed by atoms with Crippen LogP contribution in [0, 0.1) is 18.6 Å². The molecule has 0 bridgehead atoms. The smallest absolute Gasteiger partial charge is 0.153 e. The standard InChI is InChI=1S/C22H23F2N5/c1-17-18(16-26-29(17)22-6-2-3-7-25-22)5-4-8-27-9-11-28(12-10-27)21-14-19(23)13-20(24)15-21/h2-7,13-16H,8-12H2,1H3/b5-4+. The van der Waals surface area contributed by atoms with Crippen LogP contribution in [0.2, 0.25) is 0 Å². The number of anilines is 1. The number of halogens is 2. The number of nitrogens with zero attached hydrogens (tertiary/aromatic N) is 5. The highest BCUT2D eigenvalue weighted by atomic mass is 19.1. The van der Waals surface area contributed by atoms with Crippen LogP contribution < -0.4 is 4.90 Å². The van der Waals surface area contributed by atoms with E-state index in [1.54, 1.807) is 6.20 Å². The van der Waals surface area contributed by atoms with Gasteiger partial charge in [0.15, 0.2) is 5.82 Å². The summed E-state index contributed by atoms with van der Waals surface area (Å²) in [7, 11) is 0. The SMILES string of the molecule is Cc1c(/C=C/CN2CCN(c3cc(F)cc(F)c3)CC2)cnn1-c1ccccn1. The highest BCUT2D eigenvalue weighted by Gasteiger charge is 2.17. The molecule has 4 rings (SSSR count). The summed E-state index contributed by atoms with van der Waals surface area (Å²) in [5, 5.41) is 4.43. The average molecular weight is 395 g/mol. The maximum absolute atomic E-state index is 13.4. The van der Waals surface area contributed by atoms with Crippen LogP contribution >= 0.6 is 0 Å². The molecule has 1 saturated heterocycles. The molecule has 1 fully saturated rings. The van der Waals surface area contributed by atoms with Crippen LogP contribution in [-0.2, 0) is 0 Å². The van der Waals surface area contributed by atoms with Crippen molar-refractivity contribution >= 4 is 11.8 Å². The van der Waals surface area contributed by atoms with Crippen molar-refractivity contribution in [3.05, 3.63) is 77.8 Å². The summed E-state index contributed by atoms with van der Waals surface area (Å²) in [5.41, 5.74) is 2.71. The fourth-order valence-corrected chi connectivity index (χ4v) is 3.54. The van der Waals surface area contributed by atoms with E-state index in [4.69, 9.17) is 0 Å². The van der Waals surface area contributed by atoms with E-state index in [0.29, 0.717) is 5.69 Å². The molecule has 5 nitrogen and oxygen atoms in total. The Hall–Kier alpha value is -3.06. The molecule has 0 unspecified atom stereocenters. The van der Waals surface area contributed by atoms with Gasteiger partial charge in [-0.25, -0.2) is 18.4 Å². The van der Waals surface area contributed by atoms with Crippen LogP contribution in [0.3, 0.4) is 0 Å². The van der Waals surface area contributed by atoms with Crippen LogP contribution in [0.1, 0.15) is 11.3 Å². The number of rotatable bonds is 5. The third-order valence-electron chi connectivity index (χ3n) is 5.16. The van der Waals surface area contributed by atoms with Gasteiger partial charge in [-0.1, -0.05) is 18.2 Å². The van der Waals surface area contributed by atoms with Crippen LogP contribution in [0.5, 0.6) is 0 Å². The van der Waals surface area contributed by atoms with Crippen molar-refractivity contribution in [2.45, 2.75) is 6.92 Å². The molecule has 3 heterocycles. The maximum Gasteiger partial charge on any atom is 0.153 e. The molecule has 1 aliphatic rings. The van der Waals surface area contributed by atoms with Crippen molar-refractivity contribution < 1.29 is 8.78 Å². The average Bonchev–Trinajstić information content (AvgIpc) is 3.09. The van der Waals surface area contributed by atoms with Gasteiger partial charge in [-0.2, -0.15) is 5.10 Å². The quantitative estimate of drug-likeness (QED) is 0.660. The molecule has 0 aliphatic carbocycles. The van der Waals surface area contributed by atoms with Gasteiger partial charge >= 0.3 is 0 Å². The monoisotopic (exact) mass is 395 g/mol. The number of aromatic nitrogens is 3. The molecule has 1 aromatic carbocycles. The van der Waals surface area contributed by atoms with Crippen LogP contribution in [0.4, 0.5) is 14.5 Å². The van der Waals surface area contributed by atoms with E-state index in [1.807, 2.05) is 40.9 Å². The fourth-order valence-electron chi connectivity index (χ4n) is 3.54. The maximum atomic E-state index is 13.4. The van der Waals surface area contributed by atoms with Gasteiger partial charge < -0.3 is 4.90 Å². The van der Waals surface area contributed by atoms with E-state index in [2.05, 4.69) is 27.1 Å². The zero-order valence-corrected chi connectivity index (χ0v) is 16.3. The van der Waals surface area contributed by atoms with Gasteiger partial charge in [0.05, 0.1) is 11.9 Å². The molecule has 2 aromatic heterocycles. The first kappa shape index (κ1) is 19.3. The second kappa shape index (κ2) is 8.53. The first-order valence-corrected chi connectivity index (χ1v) is 9.66. The zero-order chi connectivity index (χ0) is 20.2. The van der Waals surface area contributed by atoms with Crippen molar-refractivity contribution in [1.82, 2.24) is 19.7 Å². The second-order valence-electron chi connectivity index (χ2n) is 7.10. The number of piperazine rings is 1. The first-order chi connectivity index (χ1) is 14.1. The highest BCUT2D eigenvalue weighted by molar-refractivity contribution is 5.52. The topological polar surface area (TPSA) is 37.2 Å². The predicted molar refractivity (Wildman–Crippen MR) is 110 cm³/mol. The largest absolute Gasteiger partial charge is 0.369 e. The third-order valence-corrected chi connectivity index (χ3v) is 5.16. The lowest BCUT2D eigenvalue weighted by Crippen LogP contribution is -2.46. The van der Waals surface area contributed by atoms with Crippen molar-refractivity contribution in [2.24, 2.45) is 0 Å².